The molecule has 0 radical (unpaired) electrons. The highest BCUT2D eigenvalue weighted by molar-refractivity contribution is 6.30. The third-order valence-electron chi connectivity index (χ3n) is 3.67. The Bertz CT molecular complexity index is 436. The maximum absolute atomic E-state index is 12.2. The summed E-state index contributed by atoms with van der Waals surface area (Å²) in [4.78, 5) is 14.5. The first-order chi connectivity index (χ1) is 8.56. The molecule has 1 heterocycles. The van der Waals surface area contributed by atoms with Gasteiger partial charge in [0.1, 0.15) is 0 Å². The third kappa shape index (κ3) is 3.24. The minimum atomic E-state index is 0.107. The number of amides is 1. The summed E-state index contributed by atoms with van der Waals surface area (Å²) < 4.78 is 0. The molecule has 1 aromatic rings. The Balaban J connectivity index is 1.96. The molecule has 1 fully saturated rings. The summed E-state index contributed by atoms with van der Waals surface area (Å²) in [6, 6.07) is 7.75. The van der Waals surface area contributed by atoms with Gasteiger partial charge in [-0.3, -0.25) is 4.79 Å². The average Bonchev–Trinajstić information content (AvgIpc) is 2.32. The number of nitrogens with one attached hydrogen (secondary N) is 1. The van der Waals surface area contributed by atoms with Gasteiger partial charge in [0.15, 0.2) is 0 Å². The third-order valence-corrected chi connectivity index (χ3v) is 3.91. The molecule has 1 aliphatic rings. The highest BCUT2D eigenvalue weighted by Gasteiger charge is 2.27. The number of rotatable bonds is 2. The van der Waals surface area contributed by atoms with E-state index >= 15 is 0 Å². The molecule has 1 N–H and O–H groups in total. The molecule has 0 unspecified atom stereocenters. The first-order valence-electron chi connectivity index (χ1n) is 6.33. The molecule has 3 nitrogen and oxygen atoms in total. The lowest BCUT2D eigenvalue weighted by Crippen LogP contribution is -2.41. The number of likely N-dealkylation sites (tertiary alicyclic amines) is 1. The molecule has 4 heteroatoms. The van der Waals surface area contributed by atoms with E-state index in [2.05, 4.69) is 24.2 Å². The van der Waals surface area contributed by atoms with E-state index < -0.39 is 0 Å². The van der Waals surface area contributed by atoms with Crippen molar-refractivity contribution in [3.63, 3.8) is 0 Å². The average molecular weight is 267 g/mol. The Morgan fingerprint density at radius 2 is 2.28 bits per heavy atom. The van der Waals surface area contributed by atoms with Gasteiger partial charge >= 0.3 is 0 Å². The number of hydrogen-bond acceptors (Lipinski definition) is 2. The SMILES string of the molecule is C[C@H]1C[C@@H](C(=O)Nc2cccc(Cl)c2)CCN1C. The van der Waals surface area contributed by atoms with E-state index in [-0.39, 0.29) is 11.8 Å². The Hall–Kier alpha value is -1.06. The van der Waals surface area contributed by atoms with Crippen LogP contribution < -0.4 is 5.32 Å². The van der Waals surface area contributed by atoms with E-state index in [1.165, 1.54) is 0 Å². The molecule has 0 bridgehead atoms. The number of nitrogens with zero attached hydrogens (tertiary/aromatic N) is 1. The van der Waals surface area contributed by atoms with Crippen molar-refractivity contribution in [2.45, 2.75) is 25.8 Å². The summed E-state index contributed by atoms with van der Waals surface area (Å²) in [7, 11) is 2.11. The van der Waals surface area contributed by atoms with Gasteiger partial charge in [0.05, 0.1) is 0 Å². The minimum Gasteiger partial charge on any atom is -0.326 e. The molecule has 18 heavy (non-hydrogen) atoms. The van der Waals surface area contributed by atoms with Crippen LogP contribution in [0, 0.1) is 5.92 Å². The first-order valence-corrected chi connectivity index (χ1v) is 6.70. The Labute approximate surface area is 113 Å². The number of hydrogen-bond donors (Lipinski definition) is 1. The first kappa shape index (κ1) is 13.4. The number of halogens is 1. The number of piperidine rings is 1. The van der Waals surface area contributed by atoms with Crippen LogP contribution in [0.25, 0.3) is 0 Å². The van der Waals surface area contributed by atoms with Crippen molar-refractivity contribution in [2.75, 3.05) is 18.9 Å². The van der Waals surface area contributed by atoms with Crippen molar-refractivity contribution in [1.82, 2.24) is 4.90 Å². The van der Waals surface area contributed by atoms with Gasteiger partial charge in [-0.1, -0.05) is 17.7 Å². The second-order valence-corrected chi connectivity index (χ2v) is 5.49. The van der Waals surface area contributed by atoms with Crippen LogP contribution in [0.1, 0.15) is 19.8 Å². The van der Waals surface area contributed by atoms with Crippen LogP contribution in [0.3, 0.4) is 0 Å². The molecule has 1 amide bonds. The minimum absolute atomic E-state index is 0.107. The lowest BCUT2D eigenvalue weighted by molar-refractivity contribution is -0.121. The topological polar surface area (TPSA) is 32.3 Å². The predicted molar refractivity (Wildman–Crippen MR) is 74.9 cm³/mol. The molecule has 98 valence electrons. The fourth-order valence-corrected chi connectivity index (χ4v) is 2.53. The normalized spacial score (nSPS) is 24.8. The molecular formula is C14H19ClN2O. The molecule has 1 aliphatic heterocycles. The van der Waals surface area contributed by atoms with Crippen LogP contribution >= 0.6 is 11.6 Å². The highest BCUT2D eigenvalue weighted by Crippen LogP contribution is 2.23. The van der Waals surface area contributed by atoms with Gasteiger partial charge in [0.25, 0.3) is 0 Å². The quantitative estimate of drug-likeness (QED) is 0.893. The highest BCUT2D eigenvalue weighted by atomic mass is 35.5. The van der Waals surface area contributed by atoms with Crippen molar-refractivity contribution in [3.05, 3.63) is 29.3 Å². The summed E-state index contributed by atoms with van der Waals surface area (Å²) >= 11 is 5.90. The summed E-state index contributed by atoms with van der Waals surface area (Å²) in [6.07, 6.45) is 1.84. The van der Waals surface area contributed by atoms with E-state index in [1.54, 1.807) is 12.1 Å². The van der Waals surface area contributed by atoms with E-state index in [1.807, 2.05) is 12.1 Å². The van der Waals surface area contributed by atoms with Crippen molar-refractivity contribution in [3.8, 4) is 0 Å². The number of benzene rings is 1. The molecule has 1 aromatic carbocycles. The number of carbonyl (C=O) groups excluding carboxylic acids is 1. The van der Waals surface area contributed by atoms with Crippen molar-refractivity contribution in [2.24, 2.45) is 5.92 Å². The van der Waals surface area contributed by atoms with Crippen LogP contribution in [-0.4, -0.2) is 30.4 Å². The van der Waals surface area contributed by atoms with Crippen LogP contribution in [0.4, 0.5) is 5.69 Å². The molecule has 0 aromatic heterocycles. The van der Waals surface area contributed by atoms with Crippen LogP contribution in [-0.2, 0) is 4.79 Å². The van der Waals surface area contributed by atoms with Crippen LogP contribution in [0.15, 0.2) is 24.3 Å². The molecule has 0 saturated carbocycles. The van der Waals surface area contributed by atoms with E-state index in [0.717, 1.165) is 25.1 Å². The zero-order chi connectivity index (χ0) is 13.1. The predicted octanol–water partition coefficient (Wildman–Crippen LogP) is 3.01. The lowest BCUT2D eigenvalue weighted by atomic mass is 9.91. The molecule has 2 atom stereocenters. The van der Waals surface area contributed by atoms with Crippen molar-refractivity contribution < 1.29 is 4.79 Å². The largest absolute Gasteiger partial charge is 0.326 e. The van der Waals surface area contributed by atoms with Crippen LogP contribution in [0.2, 0.25) is 5.02 Å². The number of carbonyl (C=O) groups is 1. The van der Waals surface area contributed by atoms with E-state index in [9.17, 15) is 4.79 Å². The Morgan fingerprint density at radius 1 is 1.50 bits per heavy atom. The summed E-state index contributed by atoms with van der Waals surface area (Å²) in [6.45, 7) is 3.15. The van der Waals surface area contributed by atoms with Gasteiger partial charge in [0, 0.05) is 22.7 Å². The fourth-order valence-electron chi connectivity index (χ4n) is 2.34. The van der Waals surface area contributed by atoms with E-state index in [0.29, 0.717) is 11.1 Å². The molecule has 2 rings (SSSR count). The lowest BCUT2D eigenvalue weighted by Gasteiger charge is -2.34. The van der Waals surface area contributed by atoms with Gasteiger partial charge in [-0.15, -0.1) is 0 Å². The van der Waals surface area contributed by atoms with Gasteiger partial charge in [-0.25, -0.2) is 0 Å². The van der Waals surface area contributed by atoms with Gasteiger partial charge in [0.2, 0.25) is 5.91 Å². The molecule has 1 saturated heterocycles. The van der Waals surface area contributed by atoms with E-state index in [4.69, 9.17) is 11.6 Å². The Morgan fingerprint density at radius 3 is 2.94 bits per heavy atom. The van der Waals surface area contributed by atoms with Gasteiger partial charge in [-0.05, 0) is 51.6 Å². The second-order valence-electron chi connectivity index (χ2n) is 5.05. The second kappa shape index (κ2) is 5.72. The fraction of sp³-hybridized carbons (Fsp3) is 0.500. The molecule has 0 aliphatic carbocycles. The molecular weight excluding hydrogens is 248 g/mol. The summed E-state index contributed by atoms with van der Waals surface area (Å²) in [5, 5.41) is 3.59. The Kier molecular flexibility index (Phi) is 4.25. The summed E-state index contributed by atoms with van der Waals surface area (Å²) in [5.41, 5.74) is 0.777. The number of anilines is 1. The molecule has 0 spiro atoms. The van der Waals surface area contributed by atoms with Gasteiger partial charge < -0.3 is 10.2 Å². The monoisotopic (exact) mass is 266 g/mol. The van der Waals surface area contributed by atoms with Crippen molar-refractivity contribution >= 4 is 23.2 Å². The van der Waals surface area contributed by atoms with Gasteiger partial charge in [-0.2, -0.15) is 0 Å². The zero-order valence-electron chi connectivity index (χ0n) is 10.8. The van der Waals surface area contributed by atoms with Crippen LogP contribution in [0.5, 0.6) is 0 Å². The smallest absolute Gasteiger partial charge is 0.227 e. The zero-order valence-corrected chi connectivity index (χ0v) is 11.6. The maximum Gasteiger partial charge on any atom is 0.227 e. The summed E-state index contributed by atoms with van der Waals surface area (Å²) in [5.74, 6) is 0.215. The standard InChI is InChI=1S/C14H19ClN2O/c1-10-8-11(6-7-17(10)2)14(18)16-13-5-3-4-12(15)9-13/h3-5,9-11H,6-8H2,1-2H3,(H,16,18)/t10-,11-/m0/s1. The van der Waals surface area contributed by atoms with Crippen molar-refractivity contribution in [1.29, 1.82) is 0 Å². The maximum atomic E-state index is 12.2.